The summed E-state index contributed by atoms with van der Waals surface area (Å²) >= 11 is 1.16. The zero-order valence-electron chi connectivity index (χ0n) is 28.4. The number of aliphatic hydroxyl groups excluding tert-OH is 3. The van der Waals surface area contributed by atoms with Gasteiger partial charge in [-0.2, -0.15) is 0 Å². The molecule has 3 saturated heterocycles. The van der Waals surface area contributed by atoms with Crippen LogP contribution >= 0.6 is 11.3 Å². The number of aliphatic hydroxyl groups is 3. The summed E-state index contributed by atoms with van der Waals surface area (Å²) in [6.07, 6.45) is -12.3. The number of hydrogen-bond acceptors (Lipinski definition) is 15. The molecule has 5 heterocycles. The number of carbonyl (C=O) groups is 2. The van der Waals surface area contributed by atoms with Crippen molar-refractivity contribution in [3.8, 4) is 17.0 Å². The summed E-state index contributed by atoms with van der Waals surface area (Å²) in [5, 5.41) is 43.9. The molecule has 55 heavy (non-hydrogen) atoms. The summed E-state index contributed by atoms with van der Waals surface area (Å²) in [6.45, 7) is 0.0655. The Balaban J connectivity index is 0.957. The molecule has 2 bridgehead atoms. The lowest BCUT2D eigenvalue weighted by Crippen LogP contribution is -2.59. The van der Waals surface area contributed by atoms with Crippen LogP contribution in [0.3, 0.4) is 0 Å². The highest BCUT2D eigenvalue weighted by Gasteiger charge is 2.48. The number of piperidine rings is 1. The first-order valence-electron chi connectivity index (χ1n) is 17.4. The standard InChI is InChI=1S/C35H33F4N3O12S/c36-21-9-15(30(46)50-31-27(44)26(43)28(45)32(51-31)52-34(47)48)10-23-25(21)40-33(55-23)42-16-7-8-17(42)12-18(11-16)49-13-20-24(41-54-29(20)14-5-6-14)19-3-1-2-4-22(19)53-35(37,38)39/h1-4,9-10,14,16-18,26-28,31-32,43-45H,5-8,11-13H2,(H,47,48). The van der Waals surface area contributed by atoms with Crippen molar-refractivity contribution in [2.45, 2.75) is 106 Å². The molecule has 15 nitrogen and oxygen atoms in total. The molecule has 4 fully saturated rings. The number of benzene rings is 2. The van der Waals surface area contributed by atoms with Crippen molar-refractivity contribution in [2.75, 3.05) is 4.90 Å². The summed E-state index contributed by atoms with van der Waals surface area (Å²) in [5.74, 6) is -1.70. The Kier molecular flexibility index (Phi) is 9.83. The molecule has 20 heteroatoms. The number of ether oxygens (including phenoxy) is 5. The third-order valence-corrected chi connectivity index (χ3v) is 11.2. The smallest absolute Gasteiger partial charge is 0.450 e. The highest BCUT2D eigenvalue weighted by molar-refractivity contribution is 7.22. The largest absolute Gasteiger partial charge is 0.573 e. The molecule has 3 aliphatic heterocycles. The monoisotopic (exact) mass is 795 g/mol. The van der Waals surface area contributed by atoms with Crippen LogP contribution in [0.2, 0.25) is 0 Å². The van der Waals surface area contributed by atoms with E-state index in [9.17, 15) is 38.1 Å². The SMILES string of the molecule is O=C(O)OC1OC(OC(=O)c2cc(F)c3nc(N4C5CCC4CC(OCc4c(-c6ccccc6OC(F)(F)F)noc4C4CC4)C5)sc3c2)C(O)C(O)C1O. The molecule has 0 radical (unpaired) electrons. The molecule has 294 valence electrons. The number of carboxylic acid groups (broad SMARTS) is 1. The topological polar surface area (TPSA) is 203 Å². The zero-order chi connectivity index (χ0) is 38.8. The van der Waals surface area contributed by atoms with Gasteiger partial charge in [0.2, 0.25) is 12.6 Å². The number of carbonyl (C=O) groups excluding carboxylic acids is 1. The van der Waals surface area contributed by atoms with Crippen LogP contribution in [0.25, 0.3) is 21.5 Å². The Bertz CT molecular complexity index is 2080. The normalized spacial score (nSPS) is 28.0. The third-order valence-electron chi connectivity index (χ3n) is 10.1. The molecule has 7 unspecified atom stereocenters. The predicted octanol–water partition coefficient (Wildman–Crippen LogP) is 5.20. The van der Waals surface area contributed by atoms with E-state index in [1.165, 1.54) is 24.3 Å². The van der Waals surface area contributed by atoms with Gasteiger partial charge >= 0.3 is 18.5 Å². The third kappa shape index (κ3) is 7.53. The van der Waals surface area contributed by atoms with Gasteiger partial charge in [-0.15, -0.1) is 13.2 Å². The average molecular weight is 796 g/mol. The maximum absolute atomic E-state index is 15.4. The second-order valence-electron chi connectivity index (χ2n) is 13.8. The maximum Gasteiger partial charge on any atom is 0.573 e. The van der Waals surface area contributed by atoms with Crippen LogP contribution in [0.15, 0.2) is 40.9 Å². The average Bonchev–Trinajstić information content (AvgIpc) is 3.64. The predicted molar refractivity (Wildman–Crippen MR) is 178 cm³/mol. The van der Waals surface area contributed by atoms with Gasteiger partial charge < -0.3 is 48.8 Å². The van der Waals surface area contributed by atoms with Gasteiger partial charge in [0, 0.05) is 29.1 Å². The van der Waals surface area contributed by atoms with E-state index in [2.05, 4.69) is 24.5 Å². The van der Waals surface area contributed by atoms with E-state index in [0.29, 0.717) is 34.0 Å². The number of aromatic nitrogens is 2. The minimum Gasteiger partial charge on any atom is -0.450 e. The number of thiazole rings is 1. The van der Waals surface area contributed by atoms with E-state index in [-0.39, 0.29) is 53.0 Å². The molecule has 1 saturated carbocycles. The van der Waals surface area contributed by atoms with Gasteiger partial charge in [0.05, 0.1) is 23.0 Å². The van der Waals surface area contributed by atoms with E-state index in [1.807, 2.05) is 0 Å². The summed E-state index contributed by atoms with van der Waals surface area (Å²) < 4.78 is 86.2. The van der Waals surface area contributed by atoms with Crippen molar-refractivity contribution in [3.63, 3.8) is 0 Å². The Morgan fingerprint density at radius 3 is 2.33 bits per heavy atom. The van der Waals surface area contributed by atoms with Crippen molar-refractivity contribution in [2.24, 2.45) is 0 Å². The molecule has 1 aliphatic carbocycles. The fourth-order valence-electron chi connectivity index (χ4n) is 7.48. The molecule has 8 rings (SSSR count). The second kappa shape index (κ2) is 14.5. The highest BCUT2D eigenvalue weighted by Crippen LogP contribution is 2.47. The van der Waals surface area contributed by atoms with Crippen LogP contribution in [-0.4, -0.2) is 98.1 Å². The number of rotatable bonds is 10. The molecular formula is C35H33F4N3O12S. The van der Waals surface area contributed by atoms with Crippen molar-refractivity contribution in [1.82, 2.24) is 10.1 Å². The van der Waals surface area contributed by atoms with Gasteiger partial charge in [-0.05, 0) is 62.8 Å². The lowest BCUT2D eigenvalue weighted by molar-refractivity contribution is -0.327. The Morgan fingerprint density at radius 1 is 0.964 bits per heavy atom. The Labute approximate surface area is 311 Å². The van der Waals surface area contributed by atoms with E-state index >= 15 is 4.39 Å². The van der Waals surface area contributed by atoms with Crippen LogP contribution in [0.5, 0.6) is 5.75 Å². The fourth-order valence-corrected chi connectivity index (χ4v) is 8.65. The highest BCUT2D eigenvalue weighted by atomic mass is 32.1. The van der Waals surface area contributed by atoms with Crippen LogP contribution < -0.4 is 9.64 Å². The van der Waals surface area contributed by atoms with Crippen LogP contribution in [0.4, 0.5) is 27.5 Å². The fraction of sp³-hybridized carbons (Fsp3) is 0.486. The molecule has 2 aromatic heterocycles. The molecule has 4 aliphatic rings. The van der Waals surface area contributed by atoms with Crippen LogP contribution in [0.1, 0.15) is 66.1 Å². The first kappa shape index (κ1) is 37.3. The number of halogens is 4. The van der Waals surface area contributed by atoms with Crippen molar-refractivity contribution in [3.05, 3.63) is 59.1 Å². The second-order valence-corrected chi connectivity index (χ2v) is 14.8. The molecule has 2 aromatic carbocycles. The van der Waals surface area contributed by atoms with E-state index < -0.39 is 60.9 Å². The number of hydrogen-bond donors (Lipinski definition) is 4. The van der Waals surface area contributed by atoms with Crippen molar-refractivity contribution >= 4 is 38.8 Å². The number of anilines is 1. The van der Waals surface area contributed by atoms with Gasteiger partial charge in [-0.25, -0.2) is 19.0 Å². The first-order chi connectivity index (χ1) is 26.2. The van der Waals surface area contributed by atoms with E-state index in [0.717, 1.165) is 43.1 Å². The summed E-state index contributed by atoms with van der Waals surface area (Å²) in [6, 6.07) is 7.94. The molecule has 7 atom stereocenters. The summed E-state index contributed by atoms with van der Waals surface area (Å²) in [4.78, 5) is 30.6. The number of para-hydroxylation sites is 1. The van der Waals surface area contributed by atoms with Crippen molar-refractivity contribution in [1.29, 1.82) is 0 Å². The number of esters is 1. The summed E-state index contributed by atoms with van der Waals surface area (Å²) in [7, 11) is 0. The minimum absolute atomic E-state index is 0.0131. The number of alkyl halides is 3. The van der Waals surface area contributed by atoms with Gasteiger partial charge in [0.1, 0.15) is 41.0 Å². The van der Waals surface area contributed by atoms with Crippen LogP contribution in [0, 0.1) is 5.82 Å². The molecule has 0 amide bonds. The maximum atomic E-state index is 15.4. The number of nitrogens with zero attached hydrogens (tertiary/aromatic N) is 3. The summed E-state index contributed by atoms with van der Waals surface area (Å²) in [5.41, 5.74) is 0.684. The zero-order valence-corrected chi connectivity index (χ0v) is 29.2. The van der Waals surface area contributed by atoms with Gasteiger partial charge in [-0.1, -0.05) is 28.6 Å². The van der Waals surface area contributed by atoms with Crippen molar-refractivity contribution < 1.29 is 75.8 Å². The Morgan fingerprint density at radius 2 is 1.65 bits per heavy atom. The van der Waals surface area contributed by atoms with Gasteiger partial charge in [-0.3, -0.25) is 4.74 Å². The minimum atomic E-state index is -4.90. The molecular weight excluding hydrogens is 762 g/mol. The van der Waals surface area contributed by atoms with E-state index in [1.54, 1.807) is 6.07 Å². The Hall–Kier alpha value is -4.60. The van der Waals surface area contributed by atoms with Gasteiger partial charge in [0.25, 0.3) is 0 Å². The molecule has 4 N–H and O–H groups in total. The quantitative estimate of drug-likeness (QED) is 0.120. The lowest BCUT2D eigenvalue weighted by atomic mass is 10.00. The van der Waals surface area contributed by atoms with E-state index in [4.69, 9.17) is 23.8 Å². The molecule has 4 aromatic rings. The van der Waals surface area contributed by atoms with Gasteiger partial charge in [0.15, 0.2) is 10.9 Å². The first-order valence-corrected chi connectivity index (χ1v) is 18.2. The van der Waals surface area contributed by atoms with Crippen LogP contribution in [-0.2, 0) is 25.6 Å². The number of fused-ring (bicyclic) bond motifs is 3. The molecule has 0 spiro atoms. The lowest BCUT2D eigenvalue weighted by Gasteiger charge is -2.38.